The van der Waals surface area contributed by atoms with E-state index in [1.54, 1.807) is 12.1 Å². The highest BCUT2D eigenvalue weighted by Gasteiger charge is 2.32. The van der Waals surface area contributed by atoms with Crippen molar-refractivity contribution in [2.45, 2.75) is 38.8 Å². The van der Waals surface area contributed by atoms with Gasteiger partial charge in [-0.05, 0) is 30.9 Å². The molecule has 1 fully saturated rings. The summed E-state index contributed by atoms with van der Waals surface area (Å²) in [4.78, 5) is 23.6. The fourth-order valence-corrected chi connectivity index (χ4v) is 2.86. The first kappa shape index (κ1) is 15.4. The molecule has 1 N–H and O–H groups in total. The van der Waals surface area contributed by atoms with Crippen molar-refractivity contribution >= 4 is 11.7 Å². The fourth-order valence-electron chi connectivity index (χ4n) is 2.86. The average molecular weight is 292 g/mol. The van der Waals surface area contributed by atoms with Gasteiger partial charge in [0.1, 0.15) is 6.04 Å². The highest BCUT2D eigenvalue weighted by atomic mass is 16.6. The van der Waals surface area contributed by atoms with Crippen LogP contribution in [-0.2, 0) is 11.3 Å². The monoisotopic (exact) mass is 292 g/mol. The zero-order valence-corrected chi connectivity index (χ0v) is 12.1. The van der Waals surface area contributed by atoms with E-state index >= 15 is 0 Å². The number of rotatable bonds is 5. The van der Waals surface area contributed by atoms with Crippen molar-refractivity contribution in [3.05, 3.63) is 39.9 Å². The summed E-state index contributed by atoms with van der Waals surface area (Å²) in [5, 5.41) is 20.0. The van der Waals surface area contributed by atoms with Gasteiger partial charge in [-0.15, -0.1) is 0 Å². The lowest BCUT2D eigenvalue weighted by molar-refractivity contribution is -0.384. The highest BCUT2D eigenvalue weighted by Crippen LogP contribution is 2.27. The Kier molecular flexibility index (Phi) is 4.90. The molecule has 114 valence electrons. The molecule has 0 amide bonds. The molecule has 2 atom stereocenters. The largest absolute Gasteiger partial charge is 0.480 e. The Bertz CT molecular complexity index is 515. The van der Waals surface area contributed by atoms with E-state index in [0.717, 1.165) is 24.9 Å². The molecule has 6 heteroatoms. The van der Waals surface area contributed by atoms with Gasteiger partial charge in [-0.3, -0.25) is 19.8 Å². The molecule has 0 aromatic heterocycles. The molecule has 6 nitrogen and oxygen atoms in total. The number of non-ortho nitro benzene ring substituents is 1. The number of nitro benzene ring substituents is 1. The van der Waals surface area contributed by atoms with Crippen LogP contribution < -0.4 is 0 Å². The van der Waals surface area contributed by atoms with Crippen molar-refractivity contribution in [3.8, 4) is 0 Å². The van der Waals surface area contributed by atoms with E-state index in [0.29, 0.717) is 18.9 Å². The topological polar surface area (TPSA) is 83.7 Å². The van der Waals surface area contributed by atoms with Crippen molar-refractivity contribution in [3.63, 3.8) is 0 Å². The van der Waals surface area contributed by atoms with Crippen LogP contribution in [0.15, 0.2) is 24.3 Å². The Morgan fingerprint density at radius 3 is 2.62 bits per heavy atom. The van der Waals surface area contributed by atoms with Crippen LogP contribution in [0.1, 0.15) is 31.7 Å². The maximum atomic E-state index is 11.4. The Morgan fingerprint density at radius 2 is 2.10 bits per heavy atom. The number of carbonyl (C=O) groups is 1. The van der Waals surface area contributed by atoms with Gasteiger partial charge in [0.05, 0.1) is 4.92 Å². The molecule has 21 heavy (non-hydrogen) atoms. The molecule has 2 unspecified atom stereocenters. The van der Waals surface area contributed by atoms with E-state index in [9.17, 15) is 20.0 Å². The van der Waals surface area contributed by atoms with E-state index in [1.807, 2.05) is 4.90 Å². The van der Waals surface area contributed by atoms with Crippen molar-refractivity contribution in [1.29, 1.82) is 0 Å². The van der Waals surface area contributed by atoms with Gasteiger partial charge in [-0.2, -0.15) is 0 Å². The van der Waals surface area contributed by atoms with Crippen molar-refractivity contribution in [1.82, 2.24) is 4.90 Å². The number of hydrogen-bond donors (Lipinski definition) is 1. The summed E-state index contributed by atoms with van der Waals surface area (Å²) in [7, 11) is 0. The summed E-state index contributed by atoms with van der Waals surface area (Å²) >= 11 is 0. The minimum absolute atomic E-state index is 0.0539. The summed E-state index contributed by atoms with van der Waals surface area (Å²) in [5.74, 6) is -0.311. The lowest BCUT2D eigenvalue weighted by atomic mass is 9.88. The molecular weight excluding hydrogens is 272 g/mol. The lowest BCUT2D eigenvalue weighted by Gasteiger charge is -2.36. The summed E-state index contributed by atoms with van der Waals surface area (Å²) in [6.45, 7) is 3.37. The molecule has 1 aromatic carbocycles. The fraction of sp³-hybridized carbons (Fsp3) is 0.533. The van der Waals surface area contributed by atoms with E-state index < -0.39 is 16.9 Å². The Labute approximate surface area is 123 Å². The molecule has 1 aliphatic heterocycles. The predicted octanol–water partition coefficient (Wildman–Crippen LogP) is 2.67. The molecule has 0 radical (unpaired) electrons. The third-order valence-corrected chi connectivity index (χ3v) is 4.22. The number of carboxylic acids is 1. The summed E-state index contributed by atoms with van der Waals surface area (Å²) < 4.78 is 0. The number of carboxylic acid groups (broad SMARTS) is 1. The molecule has 2 rings (SSSR count). The van der Waals surface area contributed by atoms with E-state index in [1.165, 1.54) is 12.1 Å². The van der Waals surface area contributed by atoms with Crippen molar-refractivity contribution in [2.75, 3.05) is 6.54 Å². The maximum absolute atomic E-state index is 11.4. The first-order valence-corrected chi connectivity index (χ1v) is 7.21. The Hall–Kier alpha value is -1.95. The lowest BCUT2D eigenvalue weighted by Crippen LogP contribution is -2.46. The third-order valence-electron chi connectivity index (χ3n) is 4.22. The number of aliphatic carboxylic acids is 1. The van der Waals surface area contributed by atoms with Crippen molar-refractivity contribution < 1.29 is 14.8 Å². The Morgan fingerprint density at radius 1 is 1.43 bits per heavy atom. The summed E-state index contributed by atoms with van der Waals surface area (Å²) in [6.07, 6.45) is 2.70. The molecular formula is C15H20N2O4. The van der Waals surface area contributed by atoms with Gasteiger partial charge in [0, 0.05) is 18.7 Å². The third kappa shape index (κ3) is 3.78. The number of likely N-dealkylation sites (tertiary alicyclic amines) is 1. The second-order valence-electron chi connectivity index (χ2n) is 5.55. The normalized spacial score (nSPS) is 22.9. The summed E-state index contributed by atoms with van der Waals surface area (Å²) in [5.41, 5.74) is 0.958. The number of benzene rings is 1. The van der Waals surface area contributed by atoms with Crippen LogP contribution in [0, 0.1) is 16.0 Å². The number of nitro groups is 1. The highest BCUT2D eigenvalue weighted by molar-refractivity contribution is 5.73. The number of piperidine rings is 1. The Balaban J connectivity index is 2.06. The molecule has 0 aliphatic carbocycles. The first-order chi connectivity index (χ1) is 10.0. The van der Waals surface area contributed by atoms with Gasteiger partial charge < -0.3 is 5.11 Å². The second kappa shape index (κ2) is 6.67. The van der Waals surface area contributed by atoms with Crippen LogP contribution in [0.2, 0.25) is 0 Å². The van der Waals surface area contributed by atoms with Gasteiger partial charge in [0.25, 0.3) is 5.69 Å². The zero-order chi connectivity index (χ0) is 15.4. The van der Waals surface area contributed by atoms with Gasteiger partial charge in [-0.1, -0.05) is 25.5 Å². The van der Waals surface area contributed by atoms with Gasteiger partial charge in [0.2, 0.25) is 0 Å². The van der Waals surface area contributed by atoms with E-state index in [-0.39, 0.29) is 5.69 Å². The minimum atomic E-state index is -0.782. The van der Waals surface area contributed by atoms with Crippen LogP contribution in [0.4, 0.5) is 5.69 Å². The summed E-state index contributed by atoms with van der Waals surface area (Å²) in [6, 6.07) is 5.86. The first-order valence-electron chi connectivity index (χ1n) is 7.21. The SMILES string of the molecule is CCC1CCN(Cc2ccc([N+](=O)[O-])cc2)C(C(=O)O)C1. The van der Waals surface area contributed by atoms with Gasteiger partial charge >= 0.3 is 5.97 Å². The molecule has 1 heterocycles. The van der Waals surface area contributed by atoms with Crippen molar-refractivity contribution in [2.24, 2.45) is 5.92 Å². The standard InChI is InChI=1S/C15H20N2O4/c1-2-11-7-8-16(14(9-11)15(18)19)10-12-3-5-13(6-4-12)17(20)21/h3-6,11,14H,2,7-10H2,1H3,(H,18,19). The van der Waals surface area contributed by atoms with E-state index in [4.69, 9.17) is 0 Å². The molecule has 0 bridgehead atoms. The van der Waals surface area contributed by atoms with Crippen LogP contribution in [0.3, 0.4) is 0 Å². The average Bonchev–Trinajstić information content (AvgIpc) is 2.48. The van der Waals surface area contributed by atoms with Gasteiger partial charge in [0.15, 0.2) is 0 Å². The second-order valence-corrected chi connectivity index (χ2v) is 5.55. The van der Waals surface area contributed by atoms with Crippen LogP contribution in [0.5, 0.6) is 0 Å². The smallest absolute Gasteiger partial charge is 0.320 e. The predicted molar refractivity (Wildman–Crippen MR) is 77.9 cm³/mol. The van der Waals surface area contributed by atoms with Crippen LogP contribution in [-0.4, -0.2) is 33.5 Å². The minimum Gasteiger partial charge on any atom is -0.480 e. The number of hydrogen-bond acceptors (Lipinski definition) is 4. The maximum Gasteiger partial charge on any atom is 0.320 e. The molecule has 1 saturated heterocycles. The zero-order valence-electron chi connectivity index (χ0n) is 12.1. The molecule has 0 spiro atoms. The van der Waals surface area contributed by atoms with Crippen LogP contribution in [0.25, 0.3) is 0 Å². The number of nitrogens with zero attached hydrogens (tertiary/aromatic N) is 2. The quantitative estimate of drug-likeness (QED) is 0.666. The van der Waals surface area contributed by atoms with E-state index in [2.05, 4.69) is 6.92 Å². The molecule has 1 aromatic rings. The molecule has 0 saturated carbocycles. The van der Waals surface area contributed by atoms with Gasteiger partial charge in [-0.25, -0.2) is 0 Å². The van der Waals surface area contributed by atoms with Crippen LogP contribution >= 0.6 is 0 Å². The molecule has 1 aliphatic rings.